The lowest BCUT2D eigenvalue weighted by molar-refractivity contribution is -0.118. The smallest absolute Gasteiger partial charge is 0.262 e. The Bertz CT molecular complexity index is 677. The predicted molar refractivity (Wildman–Crippen MR) is 100 cm³/mol. The summed E-state index contributed by atoms with van der Waals surface area (Å²) in [4.78, 5) is 14.3. The number of amides is 1. The van der Waals surface area contributed by atoms with Crippen LogP contribution in [0.4, 0.5) is 11.4 Å². The Morgan fingerprint density at radius 1 is 1.04 bits per heavy atom. The monoisotopic (exact) mass is 326 g/mol. The molecule has 4 heteroatoms. The van der Waals surface area contributed by atoms with Crippen molar-refractivity contribution in [2.75, 3.05) is 29.9 Å². The van der Waals surface area contributed by atoms with Crippen LogP contribution in [0.15, 0.2) is 42.5 Å². The highest BCUT2D eigenvalue weighted by Gasteiger charge is 2.07. The van der Waals surface area contributed by atoms with Gasteiger partial charge >= 0.3 is 0 Å². The van der Waals surface area contributed by atoms with Crippen molar-refractivity contribution in [1.29, 1.82) is 0 Å². The first-order chi connectivity index (χ1) is 11.5. The molecule has 2 aromatic carbocycles. The van der Waals surface area contributed by atoms with Crippen molar-refractivity contribution < 1.29 is 9.53 Å². The Morgan fingerprint density at radius 3 is 2.29 bits per heavy atom. The first-order valence-corrected chi connectivity index (χ1v) is 8.38. The van der Waals surface area contributed by atoms with Gasteiger partial charge in [0.15, 0.2) is 6.61 Å². The number of hydrogen-bond donors (Lipinski definition) is 1. The van der Waals surface area contributed by atoms with E-state index in [1.54, 1.807) is 0 Å². The van der Waals surface area contributed by atoms with Crippen LogP contribution in [0, 0.1) is 13.8 Å². The van der Waals surface area contributed by atoms with E-state index in [2.05, 4.69) is 24.1 Å². The molecule has 0 fully saturated rings. The van der Waals surface area contributed by atoms with Gasteiger partial charge in [-0.2, -0.15) is 0 Å². The van der Waals surface area contributed by atoms with Crippen LogP contribution >= 0.6 is 0 Å². The number of hydrogen-bond acceptors (Lipinski definition) is 3. The number of nitrogens with zero attached hydrogens (tertiary/aromatic N) is 1. The summed E-state index contributed by atoms with van der Waals surface area (Å²) < 4.78 is 5.60. The Kier molecular flexibility index (Phi) is 6.24. The minimum atomic E-state index is -0.162. The molecule has 0 aromatic heterocycles. The normalized spacial score (nSPS) is 10.3. The number of carbonyl (C=O) groups is 1. The van der Waals surface area contributed by atoms with Gasteiger partial charge in [0.1, 0.15) is 5.75 Å². The molecule has 0 spiro atoms. The van der Waals surface area contributed by atoms with E-state index in [0.29, 0.717) is 0 Å². The van der Waals surface area contributed by atoms with Crippen molar-refractivity contribution in [2.45, 2.75) is 27.7 Å². The molecule has 0 aliphatic heterocycles. The number of carbonyl (C=O) groups excluding carboxylic acids is 1. The molecule has 4 nitrogen and oxygen atoms in total. The van der Waals surface area contributed by atoms with Crippen LogP contribution in [0.2, 0.25) is 0 Å². The van der Waals surface area contributed by atoms with Crippen molar-refractivity contribution in [1.82, 2.24) is 0 Å². The number of anilines is 2. The summed E-state index contributed by atoms with van der Waals surface area (Å²) in [5.41, 5.74) is 4.15. The van der Waals surface area contributed by atoms with Crippen LogP contribution in [-0.2, 0) is 4.79 Å². The van der Waals surface area contributed by atoms with Gasteiger partial charge in [0.05, 0.1) is 0 Å². The summed E-state index contributed by atoms with van der Waals surface area (Å²) in [6.45, 7) is 10.2. The van der Waals surface area contributed by atoms with Crippen LogP contribution in [0.3, 0.4) is 0 Å². The Hall–Kier alpha value is -2.49. The molecule has 1 amide bonds. The number of aryl methyl sites for hydroxylation is 2. The summed E-state index contributed by atoms with van der Waals surface area (Å²) in [5, 5.41) is 2.86. The van der Waals surface area contributed by atoms with Crippen LogP contribution in [0.5, 0.6) is 5.75 Å². The summed E-state index contributed by atoms with van der Waals surface area (Å²) in [6, 6.07) is 13.8. The van der Waals surface area contributed by atoms with Crippen LogP contribution in [0.25, 0.3) is 0 Å². The molecule has 0 unspecified atom stereocenters. The highest BCUT2D eigenvalue weighted by atomic mass is 16.5. The number of benzene rings is 2. The van der Waals surface area contributed by atoms with E-state index in [1.165, 1.54) is 5.56 Å². The molecule has 0 heterocycles. The van der Waals surface area contributed by atoms with Gasteiger partial charge in [-0.15, -0.1) is 0 Å². The summed E-state index contributed by atoms with van der Waals surface area (Å²) in [6.07, 6.45) is 0. The van der Waals surface area contributed by atoms with Gasteiger partial charge in [-0.3, -0.25) is 4.79 Å². The molecule has 1 N–H and O–H groups in total. The highest BCUT2D eigenvalue weighted by Crippen LogP contribution is 2.19. The molecule has 0 saturated carbocycles. The molecule has 0 radical (unpaired) electrons. The molecule has 24 heavy (non-hydrogen) atoms. The lowest BCUT2D eigenvalue weighted by atomic mass is 10.1. The zero-order valence-corrected chi connectivity index (χ0v) is 14.9. The predicted octanol–water partition coefficient (Wildman–Crippen LogP) is 4.17. The van der Waals surface area contributed by atoms with Gasteiger partial charge in [0, 0.05) is 24.5 Å². The summed E-state index contributed by atoms with van der Waals surface area (Å²) in [5.74, 6) is 0.582. The van der Waals surface area contributed by atoms with Gasteiger partial charge in [-0.05, 0) is 63.6 Å². The summed E-state index contributed by atoms with van der Waals surface area (Å²) in [7, 11) is 0. The van der Waals surface area contributed by atoms with E-state index < -0.39 is 0 Å². The Balaban J connectivity index is 1.90. The minimum Gasteiger partial charge on any atom is -0.483 e. The maximum absolute atomic E-state index is 12.0. The van der Waals surface area contributed by atoms with Crippen molar-refractivity contribution in [3.63, 3.8) is 0 Å². The van der Waals surface area contributed by atoms with Gasteiger partial charge in [-0.25, -0.2) is 0 Å². The Morgan fingerprint density at radius 2 is 1.71 bits per heavy atom. The van der Waals surface area contributed by atoms with Crippen molar-refractivity contribution >= 4 is 17.3 Å². The molecule has 0 saturated heterocycles. The van der Waals surface area contributed by atoms with E-state index >= 15 is 0 Å². The molecule has 2 rings (SSSR count). The fourth-order valence-electron chi connectivity index (χ4n) is 2.65. The van der Waals surface area contributed by atoms with E-state index in [9.17, 15) is 4.79 Å². The molecule has 0 bridgehead atoms. The number of ether oxygens (including phenoxy) is 1. The van der Waals surface area contributed by atoms with Gasteiger partial charge < -0.3 is 15.0 Å². The first-order valence-electron chi connectivity index (χ1n) is 8.38. The van der Waals surface area contributed by atoms with E-state index in [-0.39, 0.29) is 12.5 Å². The average Bonchev–Trinajstić information content (AvgIpc) is 2.56. The van der Waals surface area contributed by atoms with Gasteiger partial charge in [-0.1, -0.05) is 17.7 Å². The van der Waals surface area contributed by atoms with E-state index in [1.807, 2.05) is 56.3 Å². The van der Waals surface area contributed by atoms with Crippen LogP contribution < -0.4 is 15.0 Å². The van der Waals surface area contributed by atoms with Gasteiger partial charge in [0.25, 0.3) is 5.91 Å². The third-order valence-electron chi connectivity index (χ3n) is 3.97. The maximum atomic E-state index is 12.0. The summed E-state index contributed by atoms with van der Waals surface area (Å²) >= 11 is 0. The van der Waals surface area contributed by atoms with E-state index in [0.717, 1.165) is 35.8 Å². The largest absolute Gasteiger partial charge is 0.483 e. The van der Waals surface area contributed by atoms with E-state index in [4.69, 9.17) is 4.74 Å². The second-order valence-electron chi connectivity index (χ2n) is 5.82. The van der Waals surface area contributed by atoms with Crippen LogP contribution in [0.1, 0.15) is 25.0 Å². The highest BCUT2D eigenvalue weighted by molar-refractivity contribution is 5.92. The van der Waals surface area contributed by atoms with Crippen molar-refractivity contribution in [3.05, 3.63) is 53.6 Å². The Labute approximate surface area is 144 Å². The third-order valence-corrected chi connectivity index (χ3v) is 3.97. The van der Waals surface area contributed by atoms with Crippen molar-refractivity contribution in [3.8, 4) is 5.75 Å². The molecule has 2 aromatic rings. The molecule has 0 atom stereocenters. The number of nitrogens with one attached hydrogen (secondary N) is 1. The first kappa shape index (κ1) is 17.9. The molecule has 0 aliphatic carbocycles. The molecule has 0 aliphatic rings. The standard InChI is InChI=1S/C20H26N2O2/c1-5-22(6-2)18-10-8-17(9-11-18)21-20(23)14-24-19-12-7-15(3)13-16(19)4/h7-13H,5-6,14H2,1-4H3,(H,21,23). The maximum Gasteiger partial charge on any atom is 0.262 e. The zero-order chi connectivity index (χ0) is 17.5. The fourth-order valence-corrected chi connectivity index (χ4v) is 2.65. The SMILES string of the molecule is CCN(CC)c1ccc(NC(=O)COc2ccc(C)cc2C)cc1. The third kappa shape index (κ3) is 4.75. The minimum absolute atomic E-state index is 0.00168. The van der Waals surface area contributed by atoms with Gasteiger partial charge in [0.2, 0.25) is 0 Å². The lowest BCUT2D eigenvalue weighted by Crippen LogP contribution is -2.22. The van der Waals surface area contributed by atoms with Crippen molar-refractivity contribution in [2.24, 2.45) is 0 Å². The molecular formula is C20H26N2O2. The molecular weight excluding hydrogens is 300 g/mol. The zero-order valence-electron chi connectivity index (χ0n) is 14.9. The fraction of sp³-hybridized carbons (Fsp3) is 0.350. The lowest BCUT2D eigenvalue weighted by Gasteiger charge is -2.21. The number of rotatable bonds is 7. The second-order valence-corrected chi connectivity index (χ2v) is 5.82. The second kappa shape index (κ2) is 8.39. The quantitative estimate of drug-likeness (QED) is 0.830. The topological polar surface area (TPSA) is 41.6 Å². The molecule has 128 valence electrons. The van der Waals surface area contributed by atoms with Crippen LogP contribution in [-0.4, -0.2) is 25.6 Å². The average molecular weight is 326 g/mol.